The molecule has 11 nitrogen and oxygen atoms in total. The molecule has 2 aliphatic rings. The van der Waals surface area contributed by atoms with Crippen LogP contribution in [0.3, 0.4) is 0 Å². The molecule has 1 spiro atoms. The molecule has 1 saturated carbocycles. The summed E-state index contributed by atoms with van der Waals surface area (Å²) in [7, 11) is 0. The first-order valence-electron chi connectivity index (χ1n) is 18.2. The lowest BCUT2D eigenvalue weighted by Gasteiger charge is -2.51. The molecule has 282 valence electrons. The lowest BCUT2D eigenvalue weighted by Crippen LogP contribution is -2.52. The molecule has 0 amide bonds. The molecule has 1 saturated heterocycles. The number of ether oxygens (including phenoxy) is 1. The maximum absolute atomic E-state index is 13.4. The SMILES string of the molecule is O=C(OC1CC2(CCN(CCCn3c(=O)sc4cc(CNC[C@H](O)c5ccc(O)c6[nH]c(=O)ccc56)ccc43)CC2)C1)C(O)(c1cccs1)c1cccs1. The Balaban J connectivity index is 0.793. The van der Waals surface area contributed by atoms with E-state index in [4.69, 9.17) is 4.74 Å². The molecule has 0 unspecified atom stereocenters. The number of aromatic hydroxyl groups is 1. The van der Waals surface area contributed by atoms with E-state index in [1.807, 2.05) is 45.7 Å². The Morgan fingerprint density at radius 2 is 1.74 bits per heavy atom. The first-order valence-corrected chi connectivity index (χ1v) is 20.8. The Morgan fingerprint density at radius 1 is 1.00 bits per heavy atom. The van der Waals surface area contributed by atoms with Gasteiger partial charge >= 0.3 is 10.8 Å². The highest BCUT2D eigenvalue weighted by Gasteiger charge is 2.51. The highest BCUT2D eigenvalue weighted by molar-refractivity contribution is 7.16. The number of phenolic OH excluding ortho intramolecular Hbond substituents is 1. The first kappa shape index (κ1) is 36.8. The summed E-state index contributed by atoms with van der Waals surface area (Å²) in [6, 6.07) is 19.3. The number of pyridine rings is 1. The molecule has 1 aliphatic heterocycles. The van der Waals surface area contributed by atoms with Crippen LogP contribution in [0.4, 0.5) is 0 Å². The molecule has 1 atom stereocenters. The number of aromatic amines is 1. The molecule has 2 fully saturated rings. The van der Waals surface area contributed by atoms with Crippen LogP contribution in [0.25, 0.3) is 21.1 Å². The molecule has 0 bridgehead atoms. The van der Waals surface area contributed by atoms with Gasteiger partial charge in [-0.3, -0.25) is 14.2 Å². The zero-order valence-electron chi connectivity index (χ0n) is 29.5. The number of esters is 1. The standard InChI is InChI=1S/C40H42N4O7S3/c45-30-10-7-27(28-8-11-35(47)42-36(28)30)31(46)24-41-23-25-6-9-29-32(20-25)54-38(49)44(29)15-3-14-43-16-12-39(13-17-43)21-26(22-39)51-37(48)40(50,33-4-1-18-52-33)34-5-2-19-53-34/h1-2,4-11,18-20,26,31,41,45-46,50H,3,12-17,21-24H2,(H,42,47)/t31-/m0/s1. The molecule has 4 aromatic heterocycles. The van der Waals surface area contributed by atoms with Crippen molar-refractivity contribution >= 4 is 61.1 Å². The van der Waals surface area contributed by atoms with Gasteiger partial charge in [-0.2, -0.15) is 0 Å². The average Bonchev–Trinajstić information content (AvgIpc) is 3.95. The van der Waals surface area contributed by atoms with Crippen LogP contribution in [0.5, 0.6) is 5.75 Å². The van der Waals surface area contributed by atoms with E-state index >= 15 is 0 Å². The van der Waals surface area contributed by atoms with Gasteiger partial charge in [-0.1, -0.05) is 35.6 Å². The van der Waals surface area contributed by atoms with Crippen LogP contribution in [0.1, 0.15) is 59.1 Å². The van der Waals surface area contributed by atoms with Crippen molar-refractivity contribution in [2.45, 2.75) is 63.0 Å². The summed E-state index contributed by atoms with van der Waals surface area (Å²) >= 11 is 3.95. The number of aliphatic hydroxyl groups is 2. The van der Waals surface area contributed by atoms with E-state index in [-0.39, 0.29) is 34.2 Å². The second-order valence-corrected chi connectivity index (χ2v) is 17.4. The number of thiophene rings is 2. The zero-order valence-corrected chi connectivity index (χ0v) is 32.0. The second-order valence-electron chi connectivity index (χ2n) is 14.5. The number of phenols is 1. The number of likely N-dealkylation sites (tertiary alicyclic amines) is 1. The highest BCUT2D eigenvalue weighted by atomic mass is 32.1. The van der Waals surface area contributed by atoms with Crippen LogP contribution < -0.4 is 15.7 Å². The Hall–Kier alpha value is -4.15. The number of H-pyrrole nitrogens is 1. The van der Waals surface area contributed by atoms with E-state index < -0.39 is 17.7 Å². The highest BCUT2D eigenvalue weighted by Crippen LogP contribution is 2.51. The minimum absolute atomic E-state index is 0.0282. The third-order valence-corrected chi connectivity index (χ3v) is 14.0. The van der Waals surface area contributed by atoms with Crippen LogP contribution in [0, 0.1) is 5.41 Å². The third kappa shape index (κ3) is 7.19. The number of aryl methyl sites for hydroxylation is 1. The molecular weight excluding hydrogens is 745 g/mol. The molecule has 2 aromatic carbocycles. The van der Waals surface area contributed by atoms with Crippen molar-refractivity contribution in [3.63, 3.8) is 0 Å². The number of piperidine rings is 1. The average molecular weight is 787 g/mol. The van der Waals surface area contributed by atoms with Crippen LogP contribution in [0.2, 0.25) is 0 Å². The largest absolute Gasteiger partial charge is 0.506 e. The number of carbonyl (C=O) groups excluding carboxylic acids is 1. The van der Waals surface area contributed by atoms with Gasteiger partial charge in [-0.25, -0.2) is 4.79 Å². The molecule has 6 aromatic rings. The summed E-state index contributed by atoms with van der Waals surface area (Å²) in [6.07, 6.45) is 3.56. The predicted molar refractivity (Wildman–Crippen MR) is 212 cm³/mol. The van der Waals surface area contributed by atoms with Gasteiger partial charge in [-0.15, -0.1) is 22.7 Å². The van der Waals surface area contributed by atoms with E-state index in [0.29, 0.717) is 39.3 Å². The molecule has 8 rings (SSSR count). The molecule has 5 heterocycles. The van der Waals surface area contributed by atoms with Crippen LogP contribution in [-0.2, 0) is 28.2 Å². The fourth-order valence-electron chi connectivity index (χ4n) is 8.07. The summed E-state index contributed by atoms with van der Waals surface area (Å²) in [6.45, 7) is 4.26. The van der Waals surface area contributed by atoms with E-state index in [1.54, 1.807) is 24.3 Å². The van der Waals surface area contributed by atoms with Gasteiger partial charge < -0.3 is 35.3 Å². The van der Waals surface area contributed by atoms with E-state index in [9.17, 15) is 29.7 Å². The summed E-state index contributed by atoms with van der Waals surface area (Å²) < 4.78 is 8.72. The number of nitrogens with zero attached hydrogens (tertiary/aromatic N) is 2. The monoisotopic (exact) mass is 786 g/mol. The van der Waals surface area contributed by atoms with Crippen molar-refractivity contribution < 1.29 is 24.9 Å². The second kappa shape index (κ2) is 15.2. The number of aromatic nitrogens is 2. The molecule has 1 aliphatic carbocycles. The third-order valence-electron chi connectivity index (χ3n) is 11.1. The summed E-state index contributed by atoms with van der Waals surface area (Å²) in [5.74, 6) is -0.641. The van der Waals surface area contributed by atoms with Crippen molar-refractivity contribution in [3.05, 3.63) is 118 Å². The van der Waals surface area contributed by atoms with E-state index in [2.05, 4.69) is 15.2 Å². The summed E-state index contributed by atoms with van der Waals surface area (Å²) in [5, 5.41) is 40.2. The maximum Gasteiger partial charge on any atom is 0.349 e. The smallest absolute Gasteiger partial charge is 0.349 e. The van der Waals surface area contributed by atoms with Crippen molar-refractivity contribution in [1.29, 1.82) is 0 Å². The lowest BCUT2D eigenvalue weighted by molar-refractivity contribution is -0.181. The number of nitrogens with one attached hydrogen (secondary N) is 2. The minimum atomic E-state index is -1.77. The Labute approximate surface area is 323 Å². The number of thiazole rings is 1. The van der Waals surface area contributed by atoms with Crippen molar-refractivity contribution in [2.24, 2.45) is 5.41 Å². The molecular formula is C40H42N4O7S3. The normalized spacial score (nSPS) is 16.9. The van der Waals surface area contributed by atoms with Crippen LogP contribution in [0.15, 0.2) is 87.1 Å². The number of fused-ring (bicyclic) bond motifs is 2. The topological polar surface area (TPSA) is 157 Å². The van der Waals surface area contributed by atoms with Crippen LogP contribution in [-0.4, -0.2) is 68.0 Å². The number of aliphatic hydroxyl groups excluding tert-OH is 1. The Bertz CT molecular complexity index is 2330. The number of hydrogen-bond acceptors (Lipinski definition) is 12. The van der Waals surface area contributed by atoms with E-state index in [1.165, 1.54) is 46.1 Å². The Kier molecular flexibility index (Phi) is 10.3. The minimum Gasteiger partial charge on any atom is -0.506 e. The molecule has 5 N–H and O–H groups in total. The van der Waals surface area contributed by atoms with Gasteiger partial charge in [0.1, 0.15) is 11.9 Å². The number of benzene rings is 2. The van der Waals surface area contributed by atoms with Gasteiger partial charge in [0.15, 0.2) is 0 Å². The van der Waals surface area contributed by atoms with Gasteiger partial charge in [0.25, 0.3) is 0 Å². The molecule has 14 heteroatoms. The summed E-state index contributed by atoms with van der Waals surface area (Å²) in [4.78, 5) is 44.4. The van der Waals surface area contributed by atoms with Gasteiger partial charge in [-0.05, 0) is 115 Å². The predicted octanol–water partition coefficient (Wildman–Crippen LogP) is 5.67. The van der Waals surface area contributed by atoms with Gasteiger partial charge in [0, 0.05) is 31.1 Å². The quantitative estimate of drug-likeness (QED) is 0.0932. The first-order chi connectivity index (χ1) is 26.1. The molecule has 0 radical (unpaired) electrons. The van der Waals surface area contributed by atoms with Gasteiger partial charge in [0.05, 0.1) is 31.6 Å². The fourth-order valence-corrected chi connectivity index (χ4v) is 10.8. The summed E-state index contributed by atoms with van der Waals surface area (Å²) in [5.41, 5.74) is 0.908. The van der Waals surface area contributed by atoms with E-state index in [0.717, 1.165) is 67.5 Å². The Morgan fingerprint density at radius 3 is 2.44 bits per heavy atom. The van der Waals surface area contributed by atoms with Crippen molar-refractivity contribution in [2.75, 3.05) is 26.2 Å². The van der Waals surface area contributed by atoms with Gasteiger partial charge in [0.2, 0.25) is 11.2 Å². The van der Waals surface area contributed by atoms with Crippen LogP contribution >= 0.6 is 34.0 Å². The number of rotatable bonds is 13. The number of hydrogen-bond donors (Lipinski definition) is 5. The fraction of sp³-hybridized carbons (Fsp3) is 0.375. The van der Waals surface area contributed by atoms with Crippen molar-refractivity contribution in [3.8, 4) is 5.75 Å². The molecule has 54 heavy (non-hydrogen) atoms. The maximum atomic E-state index is 13.4. The zero-order chi connectivity index (χ0) is 37.5. The van der Waals surface area contributed by atoms with Crippen molar-refractivity contribution in [1.82, 2.24) is 19.8 Å². The number of carbonyl (C=O) groups is 1. The lowest BCUT2D eigenvalue weighted by atomic mass is 9.61.